The van der Waals surface area contributed by atoms with Crippen LogP contribution < -0.4 is 0 Å². The van der Waals surface area contributed by atoms with E-state index in [4.69, 9.17) is 9.90 Å². The summed E-state index contributed by atoms with van der Waals surface area (Å²) in [5.74, 6) is 0. The average molecular weight is 108 g/mol. The van der Waals surface area contributed by atoms with Crippen LogP contribution in [0.2, 0.25) is 0 Å². The topological polar surface area (TPSA) is 37.3 Å². The van der Waals surface area contributed by atoms with Crippen molar-refractivity contribution in [1.82, 2.24) is 0 Å². The van der Waals surface area contributed by atoms with Crippen molar-refractivity contribution in [2.24, 2.45) is 0 Å². The first-order valence-corrected chi connectivity index (χ1v) is 1.10. The summed E-state index contributed by atoms with van der Waals surface area (Å²) < 4.78 is 0. The summed E-state index contributed by atoms with van der Waals surface area (Å²) in [4.78, 5) is 8.86. The van der Waals surface area contributed by atoms with Gasteiger partial charge in [-0.25, -0.2) is 4.79 Å². The Kier molecular flexibility index (Phi) is 7.85. The van der Waals surface area contributed by atoms with Crippen molar-refractivity contribution in [3.8, 4) is 0 Å². The van der Waals surface area contributed by atoms with Crippen LogP contribution in [0.25, 0.3) is 0 Å². The molecule has 30 valence electrons. The third kappa shape index (κ3) is 194. The standard InChI is InChI=1S/CH2O2S.Al.3H/c2-1(3)4;;;;/h4H,(H,2,3);;;;. The van der Waals surface area contributed by atoms with E-state index in [1.807, 2.05) is 0 Å². The van der Waals surface area contributed by atoms with E-state index in [0.29, 0.717) is 0 Å². The van der Waals surface area contributed by atoms with Gasteiger partial charge >= 0.3 is 5.30 Å². The van der Waals surface area contributed by atoms with Crippen molar-refractivity contribution >= 4 is 35.3 Å². The summed E-state index contributed by atoms with van der Waals surface area (Å²) in [5.41, 5.74) is 0. The molecule has 2 nitrogen and oxygen atoms in total. The number of rotatable bonds is 0. The van der Waals surface area contributed by atoms with Gasteiger partial charge in [0.2, 0.25) is 0 Å². The monoisotopic (exact) mass is 108 g/mol. The van der Waals surface area contributed by atoms with Crippen LogP contribution in [0.4, 0.5) is 4.79 Å². The number of hydrogen-bond donors (Lipinski definition) is 2. The van der Waals surface area contributed by atoms with Crippen LogP contribution in [0.1, 0.15) is 0 Å². The second-order valence-electron chi connectivity index (χ2n) is 0.283. The molecule has 0 fully saturated rings. The van der Waals surface area contributed by atoms with Crippen molar-refractivity contribution in [2.45, 2.75) is 0 Å². The molecule has 0 aromatic heterocycles. The van der Waals surface area contributed by atoms with E-state index in [9.17, 15) is 0 Å². The number of thiol groups is 1. The zero-order chi connectivity index (χ0) is 3.58. The zero-order valence-corrected chi connectivity index (χ0v) is 2.70. The quantitative estimate of drug-likeness (QED) is 0.321. The summed E-state index contributed by atoms with van der Waals surface area (Å²) >= 11 is 2.88. The van der Waals surface area contributed by atoms with E-state index in [-0.39, 0.29) is 17.4 Å². The maximum absolute atomic E-state index is 8.86. The van der Waals surface area contributed by atoms with Crippen LogP contribution in [0.5, 0.6) is 0 Å². The summed E-state index contributed by atoms with van der Waals surface area (Å²) in [6, 6.07) is 0. The van der Waals surface area contributed by atoms with Gasteiger partial charge in [0.15, 0.2) is 17.4 Å². The molecule has 0 bridgehead atoms. The van der Waals surface area contributed by atoms with Crippen molar-refractivity contribution < 1.29 is 9.90 Å². The molecule has 0 unspecified atom stereocenters. The zero-order valence-electron chi connectivity index (χ0n) is 1.80. The highest BCUT2D eigenvalue weighted by molar-refractivity contribution is 7.96. The predicted octanol–water partition coefficient (Wildman–Crippen LogP) is -0.590. The molecule has 1 N–H and O–H groups in total. The normalized spacial score (nSPS) is 5.00. The van der Waals surface area contributed by atoms with Crippen LogP contribution >= 0.6 is 12.6 Å². The molecule has 4 heteroatoms. The van der Waals surface area contributed by atoms with Gasteiger partial charge in [0, 0.05) is 0 Å². The fraction of sp³-hybridized carbons (Fsp3) is 0. The molecule has 0 aliphatic heterocycles. The third-order valence-corrected chi connectivity index (χ3v) is 0. The molecule has 0 radical (unpaired) electrons. The summed E-state index contributed by atoms with van der Waals surface area (Å²) in [7, 11) is 0. The first-order valence-electron chi connectivity index (χ1n) is 0.651. The number of carboxylic acid groups (broad SMARTS) is 1. The minimum atomic E-state index is -1.14. The second-order valence-corrected chi connectivity index (χ2v) is 0.665. The minimum Gasteiger partial charge on any atom is -0.473 e. The van der Waals surface area contributed by atoms with Gasteiger partial charge in [-0.15, -0.1) is 0 Å². The lowest BCUT2D eigenvalue weighted by Crippen LogP contribution is -1.67. The minimum absolute atomic E-state index is 0. The predicted molar refractivity (Wildman–Crippen MR) is 26.9 cm³/mol. The molecular weight excluding hydrogens is 103 g/mol. The van der Waals surface area contributed by atoms with E-state index in [0.717, 1.165) is 0 Å². The Balaban J connectivity index is 0. The van der Waals surface area contributed by atoms with Gasteiger partial charge in [-0.05, 0) is 0 Å². The van der Waals surface area contributed by atoms with Gasteiger partial charge < -0.3 is 5.11 Å². The summed E-state index contributed by atoms with van der Waals surface area (Å²) in [6.07, 6.45) is 0. The van der Waals surface area contributed by atoms with Crippen LogP contribution in [-0.4, -0.2) is 27.8 Å². The summed E-state index contributed by atoms with van der Waals surface area (Å²) in [5, 5.41) is 6.14. The lowest BCUT2D eigenvalue weighted by atomic mass is 11.6. The Bertz CT molecular complexity index is 32.6. The SMILES string of the molecule is O=C(O)S.[AlH3]. The van der Waals surface area contributed by atoms with Gasteiger partial charge in [-0.3, -0.25) is 0 Å². The van der Waals surface area contributed by atoms with Crippen LogP contribution in [-0.2, 0) is 0 Å². The van der Waals surface area contributed by atoms with E-state index >= 15 is 0 Å². The lowest BCUT2D eigenvalue weighted by molar-refractivity contribution is 0.222. The molecule has 0 heterocycles. The van der Waals surface area contributed by atoms with Crippen LogP contribution in [0, 0.1) is 0 Å². The first-order chi connectivity index (χ1) is 1.73. The van der Waals surface area contributed by atoms with Crippen molar-refractivity contribution in [3.63, 3.8) is 0 Å². The maximum atomic E-state index is 8.86. The Labute approximate surface area is 45.7 Å². The first kappa shape index (κ1) is 9.02. The van der Waals surface area contributed by atoms with E-state index in [1.165, 1.54) is 0 Å². The summed E-state index contributed by atoms with van der Waals surface area (Å²) in [6.45, 7) is 0. The molecule has 5 heavy (non-hydrogen) atoms. The molecule has 0 aromatic rings. The number of hydrogen-bond acceptors (Lipinski definition) is 1. The Morgan fingerprint density at radius 3 is 1.80 bits per heavy atom. The smallest absolute Gasteiger partial charge is 0.361 e. The largest absolute Gasteiger partial charge is 0.473 e. The Hall–Kier alpha value is 0.352. The molecule has 0 saturated heterocycles. The van der Waals surface area contributed by atoms with Crippen molar-refractivity contribution in [2.75, 3.05) is 0 Å². The van der Waals surface area contributed by atoms with Crippen molar-refractivity contribution in [3.05, 3.63) is 0 Å². The van der Waals surface area contributed by atoms with Gasteiger partial charge in [0.25, 0.3) is 0 Å². The highest BCUT2D eigenvalue weighted by Crippen LogP contribution is 1.66. The lowest BCUT2D eigenvalue weighted by Gasteiger charge is -1.58. The Morgan fingerprint density at radius 1 is 1.80 bits per heavy atom. The van der Waals surface area contributed by atoms with Gasteiger partial charge in [0.05, 0.1) is 0 Å². The van der Waals surface area contributed by atoms with Gasteiger partial charge in [-0.1, -0.05) is 12.6 Å². The molecule has 0 aromatic carbocycles. The highest BCUT2D eigenvalue weighted by Gasteiger charge is 1.67. The molecule has 0 aliphatic carbocycles. The molecule has 0 aliphatic rings. The maximum Gasteiger partial charge on any atom is 0.361 e. The number of carbonyl (C=O) groups is 1. The van der Waals surface area contributed by atoms with Gasteiger partial charge in [-0.2, -0.15) is 0 Å². The van der Waals surface area contributed by atoms with Crippen LogP contribution in [0.15, 0.2) is 0 Å². The van der Waals surface area contributed by atoms with Gasteiger partial charge in [0.1, 0.15) is 0 Å². The highest BCUT2D eigenvalue weighted by atomic mass is 32.1. The Morgan fingerprint density at radius 2 is 1.80 bits per heavy atom. The molecule has 0 amide bonds. The van der Waals surface area contributed by atoms with Crippen LogP contribution in [0.3, 0.4) is 0 Å². The fourth-order valence-electron chi connectivity index (χ4n) is 0. The molecular formula is CH5AlO2S. The van der Waals surface area contributed by atoms with E-state index in [1.54, 1.807) is 0 Å². The van der Waals surface area contributed by atoms with E-state index in [2.05, 4.69) is 12.6 Å². The second kappa shape index (κ2) is 4.35. The molecule has 0 saturated carbocycles. The molecule has 0 spiro atoms. The molecule has 0 atom stereocenters. The fourth-order valence-corrected chi connectivity index (χ4v) is 0. The van der Waals surface area contributed by atoms with E-state index < -0.39 is 5.30 Å². The van der Waals surface area contributed by atoms with Crippen molar-refractivity contribution in [1.29, 1.82) is 0 Å². The third-order valence-electron chi connectivity index (χ3n) is 0. The molecule has 0 rings (SSSR count). The average Bonchev–Trinajstić information content (AvgIpc) is 0.811.